The Morgan fingerprint density at radius 3 is 2.46 bits per heavy atom. The van der Waals surface area contributed by atoms with Crippen molar-refractivity contribution >= 4 is 17.4 Å². The van der Waals surface area contributed by atoms with Gasteiger partial charge in [0.05, 0.1) is 11.7 Å². The number of carbonyl (C=O) groups excluding carboxylic acids is 1. The number of urea groups is 1. The summed E-state index contributed by atoms with van der Waals surface area (Å²) in [6, 6.07) is 9.98. The number of hydrogen-bond donors (Lipinski definition) is 2. The van der Waals surface area contributed by atoms with Crippen LogP contribution in [-0.4, -0.2) is 19.1 Å². The molecule has 1 heterocycles. The molecule has 4 nitrogen and oxygen atoms in total. The van der Waals surface area contributed by atoms with Crippen LogP contribution in [0.1, 0.15) is 24.9 Å². The molecule has 0 fully saturated rings. The number of rotatable bonds is 2. The minimum Gasteiger partial charge on any atom is -0.378 e. The van der Waals surface area contributed by atoms with Crippen LogP contribution in [0.4, 0.5) is 25.0 Å². The highest BCUT2D eigenvalue weighted by molar-refractivity contribution is 5.94. The first-order valence-corrected chi connectivity index (χ1v) is 7.82. The SMILES string of the molecule is CNC(=O)N1c2ccc(F)cc2[C@@H](Nc2ccc(F)cc2)C[C@H]1C. The van der Waals surface area contributed by atoms with Gasteiger partial charge in [-0.05, 0) is 55.8 Å². The predicted octanol–water partition coefficient (Wildman–Crippen LogP) is 4.06. The lowest BCUT2D eigenvalue weighted by Gasteiger charge is -2.39. The average molecular weight is 331 g/mol. The van der Waals surface area contributed by atoms with Crippen molar-refractivity contribution in [3.8, 4) is 0 Å². The molecular weight excluding hydrogens is 312 g/mol. The lowest BCUT2D eigenvalue weighted by Crippen LogP contribution is -2.48. The van der Waals surface area contributed by atoms with Crippen LogP contribution in [0.15, 0.2) is 42.5 Å². The Kier molecular flexibility index (Phi) is 4.38. The molecule has 0 bridgehead atoms. The van der Waals surface area contributed by atoms with Crippen molar-refractivity contribution in [3.05, 3.63) is 59.7 Å². The van der Waals surface area contributed by atoms with E-state index in [1.165, 1.54) is 24.3 Å². The minimum atomic E-state index is -0.355. The first-order chi connectivity index (χ1) is 11.5. The fraction of sp³-hybridized carbons (Fsp3) is 0.278. The Bertz CT molecular complexity index is 748. The normalized spacial score (nSPS) is 19.6. The summed E-state index contributed by atoms with van der Waals surface area (Å²) in [6.07, 6.45) is 0.612. The molecule has 1 aliphatic heterocycles. The Labute approximate surface area is 139 Å². The topological polar surface area (TPSA) is 44.4 Å². The van der Waals surface area contributed by atoms with E-state index in [2.05, 4.69) is 10.6 Å². The molecule has 2 N–H and O–H groups in total. The van der Waals surface area contributed by atoms with Gasteiger partial charge in [-0.15, -0.1) is 0 Å². The Morgan fingerprint density at radius 2 is 1.79 bits per heavy atom. The van der Waals surface area contributed by atoms with Crippen LogP contribution < -0.4 is 15.5 Å². The lowest BCUT2D eigenvalue weighted by molar-refractivity contribution is 0.245. The molecule has 0 spiro atoms. The third-order valence-corrected chi connectivity index (χ3v) is 4.26. The number of benzene rings is 2. The van der Waals surface area contributed by atoms with Crippen molar-refractivity contribution in [3.63, 3.8) is 0 Å². The van der Waals surface area contributed by atoms with E-state index >= 15 is 0 Å². The molecule has 2 atom stereocenters. The van der Waals surface area contributed by atoms with Crippen LogP contribution in [-0.2, 0) is 0 Å². The number of carbonyl (C=O) groups is 1. The summed E-state index contributed by atoms with van der Waals surface area (Å²) in [7, 11) is 1.57. The summed E-state index contributed by atoms with van der Waals surface area (Å²) >= 11 is 0. The predicted molar refractivity (Wildman–Crippen MR) is 90.2 cm³/mol. The number of halogens is 2. The van der Waals surface area contributed by atoms with E-state index in [-0.39, 0.29) is 29.7 Å². The van der Waals surface area contributed by atoms with E-state index in [1.54, 1.807) is 30.1 Å². The lowest BCUT2D eigenvalue weighted by atomic mass is 9.91. The van der Waals surface area contributed by atoms with Crippen molar-refractivity contribution in [2.75, 3.05) is 17.3 Å². The van der Waals surface area contributed by atoms with Crippen molar-refractivity contribution in [2.24, 2.45) is 0 Å². The summed E-state index contributed by atoms with van der Waals surface area (Å²) in [5.41, 5.74) is 2.13. The third kappa shape index (κ3) is 3.04. The minimum absolute atomic E-state index is 0.0686. The smallest absolute Gasteiger partial charge is 0.321 e. The molecule has 0 unspecified atom stereocenters. The van der Waals surface area contributed by atoms with Crippen molar-refractivity contribution in [2.45, 2.75) is 25.4 Å². The molecular formula is C18H19F2N3O. The number of nitrogens with zero attached hydrogens (tertiary/aromatic N) is 1. The van der Waals surface area contributed by atoms with E-state index in [0.29, 0.717) is 17.7 Å². The quantitative estimate of drug-likeness (QED) is 0.872. The van der Waals surface area contributed by atoms with E-state index in [4.69, 9.17) is 0 Å². The van der Waals surface area contributed by atoms with Crippen LogP contribution in [0.25, 0.3) is 0 Å². The summed E-state index contributed by atoms with van der Waals surface area (Å²) < 4.78 is 26.8. The standard InChI is InChI=1S/C18H19F2N3O/c1-11-9-16(22-14-6-3-12(19)4-7-14)15-10-13(20)5-8-17(15)23(11)18(24)21-2/h3-8,10-11,16,22H,9H2,1-2H3,(H,21,24)/t11-,16+/m1/s1. The van der Waals surface area contributed by atoms with E-state index in [0.717, 1.165) is 5.69 Å². The summed E-state index contributed by atoms with van der Waals surface area (Å²) in [5.74, 6) is -0.666. The van der Waals surface area contributed by atoms with Crippen LogP contribution in [0.5, 0.6) is 0 Å². The molecule has 2 amide bonds. The van der Waals surface area contributed by atoms with Gasteiger partial charge in [-0.3, -0.25) is 4.90 Å². The monoisotopic (exact) mass is 331 g/mol. The second-order valence-corrected chi connectivity index (χ2v) is 5.92. The maximum absolute atomic E-state index is 13.8. The second kappa shape index (κ2) is 6.47. The number of anilines is 2. The first-order valence-electron chi connectivity index (χ1n) is 7.82. The number of nitrogens with one attached hydrogen (secondary N) is 2. The molecule has 6 heteroatoms. The molecule has 0 aromatic heterocycles. The van der Waals surface area contributed by atoms with Crippen molar-refractivity contribution in [1.29, 1.82) is 0 Å². The second-order valence-electron chi connectivity index (χ2n) is 5.92. The first kappa shape index (κ1) is 16.2. The zero-order valence-electron chi connectivity index (χ0n) is 13.5. The number of hydrogen-bond acceptors (Lipinski definition) is 2. The molecule has 2 aromatic rings. The van der Waals surface area contributed by atoms with Crippen LogP contribution in [0.3, 0.4) is 0 Å². The fourth-order valence-electron chi connectivity index (χ4n) is 3.15. The van der Waals surface area contributed by atoms with Crippen LogP contribution >= 0.6 is 0 Å². The average Bonchev–Trinajstić information content (AvgIpc) is 2.57. The molecule has 0 aliphatic carbocycles. The Balaban J connectivity index is 1.98. The van der Waals surface area contributed by atoms with Crippen LogP contribution in [0, 0.1) is 11.6 Å². The highest BCUT2D eigenvalue weighted by Crippen LogP contribution is 2.39. The molecule has 0 radical (unpaired) electrons. The molecule has 1 aliphatic rings. The van der Waals surface area contributed by atoms with Gasteiger partial charge in [0.25, 0.3) is 0 Å². The fourth-order valence-corrected chi connectivity index (χ4v) is 3.15. The summed E-state index contributed by atoms with van der Waals surface area (Å²) in [4.78, 5) is 13.8. The zero-order chi connectivity index (χ0) is 17.3. The largest absolute Gasteiger partial charge is 0.378 e. The van der Waals surface area contributed by atoms with Gasteiger partial charge >= 0.3 is 6.03 Å². The third-order valence-electron chi connectivity index (χ3n) is 4.26. The molecule has 2 aromatic carbocycles. The van der Waals surface area contributed by atoms with Gasteiger partial charge < -0.3 is 10.6 Å². The maximum atomic E-state index is 13.8. The summed E-state index contributed by atoms with van der Waals surface area (Å²) in [5, 5.41) is 5.93. The zero-order valence-corrected chi connectivity index (χ0v) is 13.5. The Morgan fingerprint density at radius 1 is 1.12 bits per heavy atom. The highest BCUT2D eigenvalue weighted by atomic mass is 19.1. The van der Waals surface area contributed by atoms with Gasteiger partial charge in [-0.1, -0.05) is 0 Å². The highest BCUT2D eigenvalue weighted by Gasteiger charge is 2.33. The van der Waals surface area contributed by atoms with Gasteiger partial charge in [0, 0.05) is 24.3 Å². The molecule has 24 heavy (non-hydrogen) atoms. The van der Waals surface area contributed by atoms with E-state index in [1.807, 2.05) is 6.92 Å². The van der Waals surface area contributed by atoms with Crippen molar-refractivity contribution in [1.82, 2.24) is 5.32 Å². The van der Waals surface area contributed by atoms with Gasteiger partial charge in [0.15, 0.2) is 0 Å². The molecule has 3 rings (SSSR count). The number of fused-ring (bicyclic) bond motifs is 1. The number of amides is 2. The van der Waals surface area contributed by atoms with Crippen molar-refractivity contribution < 1.29 is 13.6 Å². The molecule has 0 saturated carbocycles. The maximum Gasteiger partial charge on any atom is 0.321 e. The van der Waals surface area contributed by atoms with Gasteiger partial charge in [0.2, 0.25) is 0 Å². The van der Waals surface area contributed by atoms with Gasteiger partial charge in [-0.25, -0.2) is 13.6 Å². The van der Waals surface area contributed by atoms with Gasteiger partial charge in [0.1, 0.15) is 11.6 Å². The molecule has 126 valence electrons. The Hall–Kier alpha value is -2.63. The van der Waals surface area contributed by atoms with E-state index in [9.17, 15) is 13.6 Å². The van der Waals surface area contributed by atoms with E-state index < -0.39 is 0 Å². The van der Waals surface area contributed by atoms with Crippen LogP contribution in [0.2, 0.25) is 0 Å². The molecule has 0 saturated heterocycles. The van der Waals surface area contributed by atoms with Gasteiger partial charge in [-0.2, -0.15) is 0 Å². The summed E-state index contributed by atoms with van der Waals surface area (Å²) in [6.45, 7) is 1.95.